The first kappa shape index (κ1) is 53.3. The van der Waals surface area contributed by atoms with Gasteiger partial charge >= 0.3 is 0 Å². The van der Waals surface area contributed by atoms with Crippen molar-refractivity contribution in [2.75, 3.05) is 19.8 Å². The summed E-state index contributed by atoms with van der Waals surface area (Å²) in [6.45, 7) is 2.62. The Balaban J connectivity index is 1.83. The van der Waals surface area contributed by atoms with Gasteiger partial charge in [0.2, 0.25) is 5.91 Å². The summed E-state index contributed by atoms with van der Waals surface area (Å²) >= 11 is 0. The largest absolute Gasteiger partial charge is 0.394 e. The third-order valence-electron chi connectivity index (χ3n) is 11.0. The Hall–Kier alpha value is -1.79. The quantitative estimate of drug-likeness (QED) is 0.0331. The number of aliphatic hydroxyl groups is 8. The maximum atomic E-state index is 13.1. The van der Waals surface area contributed by atoms with Crippen molar-refractivity contribution in [3.05, 3.63) is 36.5 Å². The van der Waals surface area contributed by atoms with Crippen molar-refractivity contribution >= 4 is 5.91 Å². The van der Waals surface area contributed by atoms with Crippen LogP contribution < -0.4 is 5.32 Å². The predicted octanol–water partition coefficient (Wildman–Crippen LogP) is 4.37. The molecule has 0 aromatic heterocycles. The number of hydrogen-bond donors (Lipinski definition) is 9. The molecule has 14 heteroatoms. The van der Waals surface area contributed by atoms with Crippen LogP contribution in [0.4, 0.5) is 0 Å². The third kappa shape index (κ3) is 21.2. The molecule has 0 radical (unpaired) electrons. The van der Waals surface area contributed by atoms with Gasteiger partial charge in [-0.15, -0.1) is 0 Å². The number of unbranched alkanes of at least 4 members (excludes halogenated alkanes) is 16. The van der Waals surface area contributed by atoms with E-state index in [-0.39, 0.29) is 18.9 Å². The molecule has 0 aliphatic carbocycles. The summed E-state index contributed by atoms with van der Waals surface area (Å²) in [7, 11) is 0. The maximum Gasteiger partial charge on any atom is 0.220 e. The molecule has 2 rings (SSSR count). The number of nitrogens with one attached hydrogen (secondary N) is 1. The van der Waals surface area contributed by atoms with Gasteiger partial charge in [-0.25, -0.2) is 0 Å². The average molecular weight is 844 g/mol. The Morgan fingerprint density at radius 3 is 1.73 bits per heavy atom. The minimum absolute atomic E-state index is 0.261. The van der Waals surface area contributed by atoms with Gasteiger partial charge in [0.15, 0.2) is 12.6 Å². The van der Waals surface area contributed by atoms with E-state index in [0.717, 1.165) is 44.9 Å². The van der Waals surface area contributed by atoms with Crippen molar-refractivity contribution in [1.29, 1.82) is 0 Å². The zero-order chi connectivity index (χ0) is 43.3. The minimum atomic E-state index is -1.79. The molecule has 59 heavy (non-hydrogen) atoms. The molecule has 2 aliphatic heterocycles. The number of carbonyl (C=O) groups excluding carboxylic acids is 1. The van der Waals surface area contributed by atoms with Gasteiger partial charge in [-0.1, -0.05) is 127 Å². The lowest BCUT2D eigenvalue weighted by Gasteiger charge is -2.46. The summed E-state index contributed by atoms with van der Waals surface area (Å²) in [4.78, 5) is 13.1. The van der Waals surface area contributed by atoms with E-state index in [2.05, 4.69) is 43.5 Å². The number of aliphatic hydroxyl groups excluding tert-OH is 8. The van der Waals surface area contributed by atoms with Gasteiger partial charge < -0.3 is 65.1 Å². The fraction of sp³-hybridized carbons (Fsp3) is 0.844. The fourth-order valence-electron chi connectivity index (χ4n) is 7.25. The molecule has 2 saturated heterocycles. The maximum absolute atomic E-state index is 13.1. The summed E-state index contributed by atoms with van der Waals surface area (Å²) in [5.41, 5.74) is 0. The SMILES string of the molecule is CCC/C=C/CC/C=C/C(O)C(COC1OC(CO)C(OC2OC(CO)C(O)C(O)C2O)C(O)C1O)NC(=O)CCCCCCCCC/C=C\CCCCCCCCC. The van der Waals surface area contributed by atoms with Crippen LogP contribution in [-0.4, -0.2) is 140 Å². The Labute approximate surface area is 353 Å². The zero-order valence-electron chi connectivity index (χ0n) is 36.0. The molecule has 344 valence electrons. The monoisotopic (exact) mass is 844 g/mol. The van der Waals surface area contributed by atoms with Crippen LogP contribution in [0.3, 0.4) is 0 Å². The highest BCUT2D eigenvalue weighted by Gasteiger charge is 2.50. The summed E-state index contributed by atoms with van der Waals surface area (Å²) in [5, 5.41) is 86.1. The van der Waals surface area contributed by atoms with Crippen LogP contribution in [0.2, 0.25) is 0 Å². The van der Waals surface area contributed by atoms with Gasteiger partial charge in [0.25, 0.3) is 0 Å². The van der Waals surface area contributed by atoms with E-state index >= 15 is 0 Å². The molecule has 2 fully saturated rings. The van der Waals surface area contributed by atoms with E-state index < -0.39 is 86.8 Å². The second-order valence-electron chi connectivity index (χ2n) is 16.2. The van der Waals surface area contributed by atoms with E-state index in [1.54, 1.807) is 6.08 Å². The minimum Gasteiger partial charge on any atom is -0.394 e. The first-order chi connectivity index (χ1) is 28.6. The molecule has 12 atom stereocenters. The van der Waals surface area contributed by atoms with Crippen molar-refractivity contribution in [2.24, 2.45) is 0 Å². The van der Waals surface area contributed by atoms with Crippen LogP contribution in [0.25, 0.3) is 0 Å². The standard InChI is InChI=1S/C45H81NO13/c1-3-5-7-9-11-12-13-14-15-16-17-18-19-20-21-23-25-27-29-37(50)46-33(34(49)28-26-24-22-10-8-6-4-2)32-56-44-42(55)40(53)43(36(31-48)58-44)59-45-41(54)39(52)38(51)35(30-47)57-45/h8,10,15-16,26,28,33-36,38-45,47-49,51-55H,3-7,9,11-14,17-25,27,29-32H2,1-2H3,(H,46,50)/b10-8+,16-15-,28-26+. The highest BCUT2D eigenvalue weighted by Crippen LogP contribution is 2.30. The highest BCUT2D eigenvalue weighted by atomic mass is 16.7. The summed E-state index contributed by atoms with van der Waals surface area (Å²) in [5.74, 6) is -0.261. The number of carbonyl (C=O) groups is 1. The Bertz CT molecular complexity index is 1140. The number of ether oxygens (including phenoxy) is 4. The molecule has 2 aliphatic rings. The lowest BCUT2D eigenvalue weighted by Crippen LogP contribution is -2.65. The second kappa shape index (κ2) is 32.9. The molecule has 0 aromatic rings. The molecular formula is C45H81NO13. The molecule has 14 nitrogen and oxygen atoms in total. The van der Waals surface area contributed by atoms with E-state index in [0.29, 0.717) is 12.8 Å². The normalized spacial score (nSPS) is 28.8. The van der Waals surface area contributed by atoms with Gasteiger partial charge in [0, 0.05) is 6.42 Å². The molecule has 0 saturated carbocycles. The first-order valence-corrected chi connectivity index (χ1v) is 22.7. The number of hydrogen-bond acceptors (Lipinski definition) is 13. The number of amides is 1. The molecule has 2 heterocycles. The van der Waals surface area contributed by atoms with Gasteiger partial charge in [-0.3, -0.25) is 4.79 Å². The van der Waals surface area contributed by atoms with Crippen LogP contribution in [0.5, 0.6) is 0 Å². The molecule has 1 amide bonds. The third-order valence-corrected chi connectivity index (χ3v) is 11.0. The number of rotatable bonds is 33. The lowest BCUT2D eigenvalue weighted by molar-refractivity contribution is -0.359. The number of allylic oxidation sites excluding steroid dienone is 5. The molecule has 12 unspecified atom stereocenters. The Morgan fingerprint density at radius 1 is 0.593 bits per heavy atom. The van der Waals surface area contributed by atoms with Crippen molar-refractivity contribution in [1.82, 2.24) is 5.32 Å². The van der Waals surface area contributed by atoms with E-state index in [4.69, 9.17) is 18.9 Å². The van der Waals surface area contributed by atoms with Crippen molar-refractivity contribution in [3.63, 3.8) is 0 Å². The molecule has 0 bridgehead atoms. The first-order valence-electron chi connectivity index (χ1n) is 22.7. The van der Waals surface area contributed by atoms with Crippen molar-refractivity contribution in [3.8, 4) is 0 Å². The van der Waals surface area contributed by atoms with Gasteiger partial charge in [-0.05, 0) is 51.4 Å². The van der Waals surface area contributed by atoms with Crippen LogP contribution in [-0.2, 0) is 23.7 Å². The van der Waals surface area contributed by atoms with Crippen LogP contribution >= 0.6 is 0 Å². The van der Waals surface area contributed by atoms with Crippen molar-refractivity contribution in [2.45, 2.75) is 222 Å². The summed E-state index contributed by atoms with van der Waals surface area (Å²) in [6.07, 6.45) is 18.0. The van der Waals surface area contributed by atoms with E-state index in [1.165, 1.54) is 70.6 Å². The van der Waals surface area contributed by atoms with Crippen LogP contribution in [0.1, 0.15) is 149 Å². The van der Waals surface area contributed by atoms with Crippen molar-refractivity contribution < 1.29 is 64.6 Å². The molecule has 9 N–H and O–H groups in total. The molecule has 0 aromatic carbocycles. The second-order valence-corrected chi connectivity index (χ2v) is 16.2. The highest BCUT2D eigenvalue weighted by molar-refractivity contribution is 5.76. The fourth-order valence-corrected chi connectivity index (χ4v) is 7.25. The Kier molecular flexibility index (Phi) is 29.7. The topological polar surface area (TPSA) is 228 Å². The predicted molar refractivity (Wildman–Crippen MR) is 226 cm³/mol. The summed E-state index contributed by atoms with van der Waals surface area (Å²) in [6, 6.07) is -0.928. The van der Waals surface area contributed by atoms with E-state index in [1.807, 2.05) is 6.08 Å². The van der Waals surface area contributed by atoms with Gasteiger partial charge in [0.05, 0.1) is 32.0 Å². The zero-order valence-corrected chi connectivity index (χ0v) is 36.0. The Morgan fingerprint density at radius 2 is 1.12 bits per heavy atom. The van der Waals surface area contributed by atoms with Crippen LogP contribution in [0.15, 0.2) is 36.5 Å². The molecule has 0 spiro atoms. The summed E-state index contributed by atoms with van der Waals surface area (Å²) < 4.78 is 22.5. The lowest BCUT2D eigenvalue weighted by atomic mass is 9.97. The smallest absolute Gasteiger partial charge is 0.220 e. The van der Waals surface area contributed by atoms with Gasteiger partial charge in [-0.2, -0.15) is 0 Å². The average Bonchev–Trinajstić information content (AvgIpc) is 3.23. The van der Waals surface area contributed by atoms with Gasteiger partial charge in [0.1, 0.15) is 48.8 Å². The van der Waals surface area contributed by atoms with Crippen LogP contribution in [0, 0.1) is 0 Å². The molecular weight excluding hydrogens is 762 g/mol. The van der Waals surface area contributed by atoms with E-state index in [9.17, 15) is 45.6 Å².